The lowest BCUT2D eigenvalue weighted by Gasteiger charge is -2.05. The van der Waals surface area contributed by atoms with Gasteiger partial charge in [-0.15, -0.1) is 0 Å². The zero-order chi connectivity index (χ0) is 13.3. The predicted octanol–water partition coefficient (Wildman–Crippen LogP) is 2.69. The molecule has 0 radical (unpaired) electrons. The van der Waals surface area contributed by atoms with E-state index < -0.39 is 11.6 Å². The highest BCUT2D eigenvalue weighted by molar-refractivity contribution is 5.75. The summed E-state index contributed by atoms with van der Waals surface area (Å²) in [5.41, 5.74) is 5.37. The third-order valence-electron chi connectivity index (χ3n) is 2.46. The van der Waals surface area contributed by atoms with Gasteiger partial charge in [0.15, 0.2) is 11.6 Å². The van der Waals surface area contributed by atoms with Gasteiger partial charge in [0.1, 0.15) is 23.7 Å². The molecule has 1 aromatic carbocycles. The maximum atomic E-state index is 13.8. The summed E-state index contributed by atoms with van der Waals surface area (Å²) in [5.74, 6) is -1.82. The summed E-state index contributed by atoms with van der Waals surface area (Å²) >= 11 is 0. The van der Waals surface area contributed by atoms with Crippen LogP contribution in [0.25, 0.3) is 11.1 Å². The van der Waals surface area contributed by atoms with Crippen molar-refractivity contribution in [3.05, 3.63) is 35.6 Å². The van der Waals surface area contributed by atoms with Crippen LogP contribution in [0.5, 0.6) is 5.75 Å². The Morgan fingerprint density at radius 2 is 2.00 bits per heavy atom. The van der Waals surface area contributed by atoms with Crippen molar-refractivity contribution in [1.82, 2.24) is 0 Å². The van der Waals surface area contributed by atoms with E-state index in [1.165, 1.54) is 7.11 Å². The number of nitrogens with two attached hydrogens (primary N) is 1. The van der Waals surface area contributed by atoms with Crippen LogP contribution in [0, 0.1) is 23.0 Å². The maximum absolute atomic E-state index is 13.8. The molecule has 0 atom stereocenters. The first-order valence-corrected chi connectivity index (χ1v) is 4.89. The second-order valence-electron chi connectivity index (χ2n) is 3.47. The van der Waals surface area contributed by atoms with Crippen molar-refractivity contribution in [2.45, 2.75) is 0 Å². The molecule has 18 heavy (non-hydrogen) atoms. The molecular weight excluding hydrogens is 242 g/mol. The van der Waals surface area contributed by atoms with E-state index >= 15 is 0 Å². The normalized spacial score (nSPS) is 10.1. The molecule has 92 valence electrons. The smallest absolute Gasteiger partial charge is 0.208 e. The molecule has 1 aromatic heterocycles. The summed E-state index contributed by atoms with van der Waals surface area (Å²) in [5, 5.41) is 8.88. The average Bonchev–Trinajstić information content (AvgIpc) is 2.72. The van der Waals surface area contributed by atoms with Crippen LogP contribution in [0.15, 0.2) is 22.8 Å². The van der Waals surface area contributed by atoms with Gasteiger partial charge in [-0.25, -0.2) is 8.78 Å². The molecule has 2 N–H and O–H groups in total. The Labute approximate surface area is 101 Å². The Morgan fingerprint density at radius 3 is 2.61 bits per heavy atom. The van der Waals surface area contributed by atoms with Gasteiger partial charge in [-0.05, 0) is 6.07 Å². The van der Waals surface area contributed by atoms with Crippen LogP contribution in [0.4, 0.5) is 14.7 Å². The van der Waals surface area contributed by atoms with Gasteiger partial charge < -0.3 is 14.9 Å². The first-order chi connectivity index (χ1) is 8.58. The SMILES string of the molecule is COc1cc(F)c(-c2coc(N)c2C#N)cc1F. The minimum atomic E-state index is -0.738. The summed E-state index contributed by atoms with van der Waals surface area (Å²) in [6.45, 7) is 0. The number of hydrogen-bond acceptors (Lipinski definition) is 4. The third-order valence-corrected chi connectivity index (χ3v) is 2.46. The highest BCUT2D eigenvalue weighted by Gasteiger charge is 2.18. The fourth-order valence-electron chi connectivity index (χ4n) is 1.58. The number of methoxy groups -OCH3 is 1. The zero-order valence-corrected chi connectivity index (χ0v) is 9.33. The van der Waals surface area contributed by atoms with Crippen LogP contribution in [0.1, 0.15) is 5.56 Å². The number of halogens is 2. The van der Waals surface area contributed by atoms with Crippen LogP contribution in [0.3, 0.4) is 0 Å². The number of rotatable bonds is 2. The molecule has 0 aliphatic carbocycles. The van der Waals surface area contributed by atoms with Crippen LogP contribution in [-0.2, 0) is 0 Å². The Kier molecular flexibility index (Phi) is 2.90. The lowest BCUT2D eigenvalue weighted by molar-refractivity contribution is 0.383. The number of nitrogen functional groups attached to an aromatic ring is 1. The summed E-state index contributed by atoms with van der Waals surface area (Å²) in [4.78, 5) is 0. The van der Waals surface area contributed by atoms with Crippen molar-refractivity contribution < 1.29 is 17.9 Å². The van der Waals surface area contributed by atoms with Gasteiger partial charge in [-0.2, -0.15) is 5.26 Å². The number of anilines is 1. The van der Waals surface area contributed by atoms with E-state index in [0.717, 1.165) is 18.4 Å². The molecular formula is C12H8F2N2O2. The van der Waals surface area contributed by atoms with Crippen LogP contribution in [0.2, 0.25) is 0 Å². The Morgan fingerprint density at radius 1 is 1.28 bits per heavy atom. The predicted molar refractivity (Wildman–Crippen MR) is 59.7 cm³/mol. The molecule has 0 saturated heterocycles. The number of hydrogen-bond donors (Lipinski definition) is 1. The lowest BCUT2D eigenvalue weighted by Crippen LogP contribution is -1.94. The molecule has 0 fully saturated rings. The number of nitriles is 1. The Bertz CT molecular complexity index is 644. The van der Waals surface area contributed by atoms with Crippen LogP contribution >= 0.6 is 0 Å². The van der Waals surface area contributed by atoms with Crippen molar-refractivity contribution in [1.29, 1.82) is 5.26 Å². The van der Waals surface area contributed by atoms with Gasteiger partial charge >= 0.3 is 0 Å². The molecule has 0 aliphatic heterocycles. The molecule has 0 saturated carbocycles. The van der Waals surface area contributed by atoms with E-state index in [9.17, 15) is 8.78 Å². The van der Waals surface area contributed by atoms with E-state index in [2.05, 4.69) is 4.74 Å². The molecule has 6 heteroatoms. The molecule has 2 aromatic rings. The molecule has 0 bridgehead atoms. The first kappa shape index (κ1) is 11.9. The fourth-order valence-corrected chi connectivity index (χ4v) is 1.58. The van der Waals surface area contributed by atoms with Crippen LogP contribution in [-0.4, -0.2) is 7.11 Å². The molecule has 0 amide bonds. The molecule has 0 aliphatic rings. The number of benzene rings is 1. The van der Waals surface area contributed by atoms with Crippen molar-refractivity contribution in [3.8, 4) is 22.9 Å². The van der Waals surface area contributed by atoms with Gasteiger partial charge in [0.2, 0.25) is 5.88 Å². The van der Waals surface area contributed by atoms with Crippen molar-refractivity contribution in [3.63, 3.8) is 0 Å². The summed E-state index contributed by atoms with van der Waals surface area (Å²) in [7, 11) is 1.23. The molecule has 0 spiro atoms. The minimum Gasteiger partial charge on any atom is -0.494 e. The lowest BCUT2D eigenvalue weighted by atomic mass is 10.0. The highest BCUT2D eigenvalue weighted by Crippen LogP contribution is 2.33. The molecule has 1 heterocycles. The second kappa shape index (κ2) is 4.37. The number of ether oxygens (including phenoxy) is 1. The highest BCUT2D eigenvalue weighted by atomic mass is 19.1. The largest absolute Gasteiger partial charge is 0.494 e. The standard InChI is InChI=1S/C12H8F2N2O2/c1-17-11-3-9(13)6(2-10(11)14)8-5-18-12(16)7(8)4-15/h2-3,5H,16H2,1H3. The van der Waals surface area contributed by atoms with E-state index in [1.807, 2.05) is 0 Å². The van der Waals surface area contributed by atoms with Gasteiger partial charge in [0, 0.05) is 17.2 Å². The van der Waals surface area contributed by atoms with Crippen LogP contribution < -0.4 is 10.5 Å². The Hall–Kier alpha value is -2.55. The monoisotopic (exact) mass is 250 g/mol. The summed E-state index contributed by atoms with van der Waals surface area (Å²) in [6.07, 6.45) is 1.11. The topological polar surface area (TPSA) is 72.2 Å². The van der Waals surface area contributed by atoms with E-state index in [4.69, 9.17) is 15.4 Å². The second-order valence-corrected chi connectivity index (χ2v) is 3.47. The molecule has 4 nitrogen and oxygen atoms in total. The van der Waals surface area contributed by atoms with Gasteiger partial charge in [-0.3, -0.25) is 0 Å². The first-order valence-electron chi connectivity index (χ1n) is 4.89. The number of furan rings is 1. The van der Waals surface area contributed by atoms with E-state index in [0.29, 0.717) is 0 Å². The average molecular weight is 250 g/mol. The summed E-state index contributed by atoms with van der Waals surface area (Å²) in [6, 6.07) is 3.61. The van der Waals surface area contributed by atoms with Crippen molar-refractivity contribution in [2.75, 3.05) is 12.8 Å². The fraction of sp³-hybridized carbons (Fsp3) is 0.0833. The maximum Gasteiger partial charge on any atom is 0.208 e. The van der Waals surface area contributed by atoms with E-state index in [1.54, 1.807) is 6.07 Å². The van der Waals surface area contributed by atoms with Gasteiger partial charge in [-0.1, -0.05) is 0 Å². The third kappa shape index (κ3) is 1.76. The van der Waals surface area contributed by atoms with Gasteiger partial charge in [0.25, 0.3) is 0 Å². The van der Waals surface area contributed by atoms with Crippen molar-refractivity contribution >= 4 is 5.88 Å². The minimum absolute atomic E-state index is 0.0292. The van der Waals surface area contributed by atoms with Gasteiger partial charge in [0.05, 0.1) is 7.11 Å². The van der Waals surface area contributed by atoms with Crippen molar-refractivity contribution in [2.24, 2.45) is 0 Å². The molecule has 2 rings (SSSR count). The number of nitrogens with zero attached hydrogens (tertiary/aromatic N) is 1. The summed E-state index contributed by atoms with van der Waals surface area (Å²) < 4.78 is 36.8. The Balaban J connectivity index is 2.65. The molecule has 0 unspecified atom stereocenters. The van der Waals surface area contributed by atoms with E-state index in [-0.39, 0.29) is 28.3 Å². The quantitative estimate of drug-likeness (QED) is 0.889. The zero-order valence-electron chi connectivity index (χ0n) is 9.33.